The molecule has 0 atom stereocenters. The van der Waals surface area contributed by atoms with Crippen molar-refractivity contribution in [1.82, 2.24) is 4.90 Å². The standard InChI is InChI=1S/C14H18N2O2.C8H8N2O2/c1-10-9-11(13(15)17)5-6-12(10)14(18)16-7-3-2-4-8-16;9-7(11)5-1-2-6(4-3-5)8(10)12/h5-6,9H,2-4,7-8H2,1H3,(H2,15,17);1-4H,(H2,9,11)(H2,10,12). The molecular weight excluding hydrogens is 384 g/mol. The van der Waals surface area contributed by atoms with Crippen molar-refractivity contribution in [3.63, 3.8) is 0 Å². The minimum Gasteiger partial charge on any atom is -0.366 e. The molecule has 3 rings (SSSR count). The molecule has 1 aliphatic rings. The van der Waals surface area contributed by atoms with E-state index in [0.29, 0.717) is 22.3 Å². The van der Waals surface area contributed by atoms with Crippen molar-refractivity contribution < 1.29 is 19.2 Å². The van der Waals surface area contributed by atoms with E-state index in [2.05, 4.69) is 0 Å². The van der Waals surface area contributed by atoms with Crippen LogP contribution in [0, 0.1) is 6.92 Å². The number of rotatable bonds is 4. The average Bonchev–Trinajstić information content (AvgIpc) is 2.74. The lowest BCUT2D eigenvalue weighted by molar-refractivity contribution is 0.0722. The van der Waals surface area contributed by atoms with Gasteiger partial charge >= 0.3 is 0 Å². The zero-order valence-electron chi connectivity index (χ0n) is 16.9. The first-order valence-electron chi connectivity index (χ1n) is 9.60. The van der Waals surface area contributed by atoms with Crippen molar-refractivity contribution in [3.8, 4) is 0 Å². The fourth-order valence-electron chi connectivity index (χ4n) is 3.12. The maximum Gasteiger partial charge on any atom is 0.254 e. The summed E-state index contributed by atoms with van der Waals surface area (Å²) in [6, 6.07) is 10.8. The molecule has 1 heterocycles. The molecule has 6 N–H and O–H groups in total. The Morgan fingerprint density at radius 1 is 0.700 bits per heavy atom. The fourth-order valence-corrected chi connectivity index (χ4v) is 3.12. The third-order valence-corrected chi connectivity index (χ3v) is 4.84. The molecule has 1 aliphatic heterocycles. The van der Waals surface area contributed by atoms with Gasteiger partial charge in [-0.25, -0.2) is 0 Å². The van der Waals surface area contributed by atoms with Crippen LogP contribution in [0.5, 0.6) is 0 Å². The van der Waals surface area contributed by atoms with E-state index in [1.807, 2.05) is 11.8 Å². The van der Waals surface area contributed by atoms with E-state index in [4.69, 9.17) is 17.2 Å². The number of amides is 4. The molecule has 1 fully saturated rings. The number of primary amides is 3. The van der Waals surface area contributed by atoms with E-state index in [1.54, 1.807) is 18.2 Å². The van der Waals surface area contributed by atoms with Crippen LogP contribution in [-0.2, 0) is 0 Å². The first-order valence-corrected chi connectivity index (χ1v) is 9.60. The van der Waals surface area contributed by atoms with Gasteiger partial charge in [0.05, 0.1) is 0 Å². The molecule has 30 heavy (non-hydrogen) atoms. The summed E-state index contributed by atoms with van der Waals surface area (Å²) in [6.07, 6.45) is 3.34. The number of hydrogen-bond donors (Lipinski definition) is 3. The van der Waals surface area contributed by atoms with Gasteiger partial charge in [0.1, 0.15) is 0 Å². The Hall–Kier alpha value is -3.68. The molecule has 4 amide bonds. The number of nitrogens with zero attached hydrogens (tertiary/aromatic N) is 1. The maximum atomic E-state index is 12.3. The highest BCUT2D eigenvalue weighted by atomic mass is 16.2. The molecule has 0 spiro atoms. The van der Waals surface area contributed by atoms with Crippen LogP contribution in [-0.4, -0.2) is 41.6 Å². The highest BCUT2D eigenvalue weighted by Crippen LogP contribution is 2.17. The van der Waals surface area contributed by atoms with Gasteiger partial charge in [-0.15, -0.1) is 0 Å². The van der Waals surface area contributed by atoms with Crippen LogP contribution >= 0.6 is 0 Å². The largest absolute Gasteiger partial charge is 0.366 e. The predicted molar refractivity (Wildman–Crippen MR) is 113 cm³/mol. The number of carbonyl (C=O) groups is 4. The summed E-state index contributed by atoms with van der Waals surface area (Å²) >= 11 is 0. The highest BCUT2D eigenvalue weighted by Gasteiger charge is 2.20. The van der Waals surface area contributed by atoms with E-state index < -0.39 is 17.7 Å². The number of aryl methyl sites for hydroxylation is 1. The van der Waals surface area contributed by atoms with Gasteiger partial charge in [0.2, 0.25) is 17.7 Å². The van der Waals surface area contributed by atoms with Gasteiger partial charge in [0.15, 0.2) is 0 Å². The van der Waals surface area contributed by atoms with Crippen LogP contribution in [0.4, 0.5) is 0 Å². The Kier molecular flexibility index (Phi) is 7.69. The summed E-state index contributed by atoms with van der Waals surface area (Å²) in [5.74, 6) is -1.45. The van der Waals surface area contributed by atoms with Crippen molar-refractivity contribution in [2.45, 2.75) is 26.2 Å². The molecular formula is C22H26N4O4. The lowest BCUT2D eigenvalue weighted by Crippen LogP contribution is -2.36. The van der Waals surface area contributed by atoms with Gasteiger partial charge in [-0.2, -0.15) is 0 Å². The van der Waals surface area contributed by atoms with Gasteiger partial charge < -0.3 is 22.1 Å². The Morgan fingerprint density at radius 3 is 1.53 bits per heavy atom. The van der Waals surface area contributed by atoms with Gasteiger partial charge in [-0.1, -0.05) is 0 Å². The first kappa shape index (κ1) is 22.6. The molecule has 2 aromatic carbocycles. The number of carbonyl (C=O) groups excluding carboxylic acids is 4. The van der Waals surface area contributed by atoms with E-state index in [9.17, 15) is 19.2 Å². The minimum absolute atomic E-state index is 0.0585. The molecule has 0 radical (unpaired) electrons. The van der Waals surface area contributed by atoms with Crippen LogP contribution in [0.25, 0.3) is 0 Å². The van der Waals surface area contributed by atoms with E-state index in [0.717, 1.165) is 31.5 Å². The number of nitrogens with two attached hydrogens (primary N) is 3. The predicted octanol–water partition coefficient (Wildman–Crippen LogP) is 1.60. The highest BCUT2D eigenvalue weighted by molar-refractivity contribution is 5.98. The maximum absolute atomic E-state index is 12.3. The van der Waals surface area contributed by atoms with Crippen molar-refractivity contribution in [3.05, 3.63) is 70.3 Å². The monoisotopic (exact) mass is 410 g/mol. The van der Waals surface area contributed by atoms with Crippen LogP contribution in [0.15, 0.2) is 42.5 Å². The molecule has 158 valence electrons. The second-order valence-electron chi connectivity index (χ2n) is 7.05. The number of hydrogen-bond acceptors (Lipinski definition) is 4. The summed E-state index contributed by atoms with van der Waals surface area (Å²) in [7, 11) is 0. The van der Waals surface area contributed by atoms with Crippen LogP contribution < -0.4 is 17.2 Å². The van der Waals surface area contributed by atoms with Crippen LogP contribution in [0.1, 0.15) is 66.3 Å². The second-order valence-corrected chi connectivity index (χ2v) is 7.05. The van der Waals surface area contributed by atoms with Crippen molar-refractivity contribution in [1.29, 1.82) is 0 Å². The van der Waals surface area contributed by atoms with Crippen molar-refractivity contribution in [2.75, 3.05) is 13.1 Å². The zero-order valence-corrected chi connectivity index (χ0v) is 16.9. The molecule has 0 saturated carbocycles. The topological polar surface area (TPSA) is 150 Å². The van der Waals surface area contributed by atoms with E-state index >= 15 is 0 Å². The van der Waals surface area contributed by atoms with Crippen molar-refractivity contribution >= 4 is 23.6 Å². The quantitative estimate of drug-likeness (QED) is 0.701. The van der Waals surface area contributed by atoms with Gasteiger partial charge in [0, 0.05) is 35.3 Å². The molecule has 8 heteroatoms. The molecule has 0 aliphatic carbocycles. The molecule has 1 saturated heterocycles. The van der Waals surface area contributed by atoms with Crippen molar-refractivity contribution in [2.24, 2.45) is 17.2 Å². The first-order chi connectivity index (χ1) is 14.2. The summed E-state index contributed by atoms with van der Waals surface area (Å²) in [5, 5.41) is 0. The number of piperidine rings is 1. The SMILES string of the molecule is Cc1cc(C(N)=O)ccc1C(=O)N1CCCCC1.NC(=O)c1ccc(C(N)=O)cc1. The molecule has 0 bridgehead atoms. The van der Waals surface area contributed by atoms with E-state index in [-0.39, 0.29) is 5.91 Å². The second kappa shape index (κ2) is 10.2. The zero-order chi connectivity index (χ0) is 22.3. The third-order valence-electron chi connectivity index (χ3n) is 4.84. The summed E-state index contributed by atoms with van der Waals surface area (Å²) in [4.78, 5) is 46.4. The average molecular weight is 410 g/mol. The molecule has 0 aromatic heterocycles. The minimum atomic E-state index is -0.522. The lowest BCUT2D eigenvalue weighted by Gasteiger charge is -2.27. The smallest absolute Gasteiger partial charge is 0.254 e. The summed E-state index contributed by atoms with van der Waals surface area (Å²) < 4.78 is 0. The third kappa shape index (κ3) is 5.91. The van der Waals surface area contributed by atoms with E-state index in [1.165, 1.54) is 30.7 Å². The number of likely N-dealkylation sites (tertiary alicyclic amines) is 1. The van der Waals surface area contributed by atoms with Gasteiger partial charge in [-0.3, -0.25) is 19.2 Å². The Labute approximate surface area is 175 Å². The molecule has 2 aromatic rings. The molecule has 8 nitrogen and oxygen atoms in total. The molecule has 0 unspecified atom stereocenters. The summed E-state index contributed by atoms with van der Waals surface area (Å²) in [6.45, 7) is 3.50. The van der Waals surface area contributed by atoms with Gasteiger partial charge in [0.25, 0.3) is 5.91 Å². The number of benzene rings is 2. The fraction of sp³-hybridized carbons (Fsp3) is 0.273. The van der Waals surface area contributed by atoms with Crippen LogP contribution in [0.2, 0.25) is 0 Å². The van der Waals surface area contributed by atoms with Crippen LogP contribution in [0.3, 0.4) is 0 Å². The summed E-state index contributed by atoms with van der Waals surface area (Å²) in [5.41, 5.74) is 17.8. The Bertz CT molecular complexity index is 915. The normalized spacial score (nSPS) is 13.0. The Balaban J connectivity index is 0.000000232. The lowest BCUT2D eigenvalue weighted by atomic mass is 10.0. The Morgan fingerprint density at radius 2 is 1.13 bits per heavy atom. The van der Waals surface area contributed by atoms with Gasteiger partial charge in [-0.05, 0) is 74.2 Å².